The highest BCUT2D eigenvalue weighted by atomic mass is 16.5. The maximum Gasteiger partial charge on any atom is 0.256 e. The highest BCUT2D eigenvalue weighted by molar-refractivity contribution is 6.06. The van der Waals surface area contributed by atoms with E-state index in [2.05, 4.69) is 10.5 Å². The fourth-order valence-electron chi connectivity index (χ4n) is 3.89. The van der Waals surface area contributed by atoms with Gasteiger partial charge in [-0.25, -0.2) is 4.98 Å². The number of aromatic nitrogens is 3. The van der Waals surface area contributed by atoms with E-state index in [-0.39, 0.29) is 5.91 Å². The molecule has 2 aromatic carbocycles. The van der Waals surface area contributed by atoms with Gasteiger partial charge in [0, 0.05) is 17.3 Å². The maximum absolute atomic E-state index is 13.3. The predicted molar refractivity (Wildman–Crippen MR) is 130 cm³/mol. The molecule has 0 aliphatic heterocycles. The number of anilines is 1. The molecule has 34 heavy (non-hydrogen) atoms. The molecule has 0 bridgehead atoms. The molecule has 0 saturated heterocycles. The van der Waals surface area contributed by atoms with Gasteiger partial charge in [-0.1, -0.05) is 47.6 Å². The molecule has 170 valence electrons. The lowest BCUT2D eigenvalue weighted by Crippen LogP contribution is -2.14. The summed E-state index contributed by atoms with van der Waals surface area (Å²) in [5.41, 5.74) is 5.65. The van der Waals surface area contributed by atoms with Gasteiger partial charge in [0.1, 0.15) is 35.3 Å². The zero-order chi connectivity index (χ0) is 23.7. The van der Waals surface area contributed by atoms with E-state index in [1.165, 1.54) is 0 Å². The number of ether oxygens (including phenoxy) is 1. The van der Waals surface area contributed by atoms with E-state index in [0.717, 1.165) is 33.8 Å². The van der Waals surface area contributed by atoms with Crippen LogP contribution in [-0.4, -0.2) is 20.4 Å². The van der Waals surface area contributed by atoms with Gasteiger partial charge in [-0.15, -0.1) is 0 Å². The van der Waals surface area contributed by atoms with Gasteiger partial charge in [0.25, 0.3) is 5.91 Å². The maximum atomic E-state index is 13.3. The molecule has 3 heterocycles. The number of hydrogen-bond donors (Lipinski definition) is 1. The third kappa shape index (κ3) is 4.03. The molecular formula is C27H24N4O3. The number of carbonyl (C=O) groups excluding carboxylic acids is 1. The number of pyridine rings is 1. The summed E-state index contributed by atoms with van der Waals surface area (Å²) in [6.07, 6.45) is 1.90. The van der Waals surface area contributed by atoms with Crippen LogP contribution in [0.5, 0.6) is 5.75 Å². The van der Waals surface area contributed by atoms with Crippen LogP contribution in [0.2, 0.25) is 0 Å². The van der Waals surface area contributed by atoms with Gasteiger partial charge >= 0.3 is 0 Å². The molecule has 7 heteroatoms. The van der Waals surface area contributed by atoms with E-state index in [1.54, 1.807) is 18.2 Å². The smallest absolute Gasteiger partial charge is 0.256 e. The Morgan fingerprint density at radius 3 is 2.62 bits per heavy atom. The molecule has 3 aromatic heterocycles. The van der Waals surface area contributed by atoms with Gasteiger partial charge in [-0.2, -0.15) is 0 Å². The number of nitrogens with zero attached hydrogens (tertiary/aromatic N) is 3. The number of nitrogens with one attached hydrogen (secondary N) is 1. The Balaban J connectivity index is 1.44. The number of aryl methyl sites for hydroxylation is 3. The van der Waals surface area contributed by atoms with Crippen LogP contribution in [0, 0.1) is 20.8 Å². The molecule has 0 aliphatic carbocycles. The molecule has 5 rings (SSSR count). The Morgan fingerprint density at radius 2 is 1.85 bits per heavy atom. The highest BCUT2D eigenvalue weighted by Gasteiger charge is 2.18. The molecule has 0 fully saturated rings. The van der Waals surface area contributed by atoms with E-state index in [1.807, 2.05) is 79.9 Å². The number of carbonyl (C=O) groups is 1. The standard InChI is InChI=1S/C27H24N4O3/c1-17-9-8-14-31-25(17)28-24(20-10-5-4-6-11-20)26(31)29-27(32)21-12-7-13-22(15-21)33-16-23-18(2)30-34-19(23)3/h4-15H,16H2,1-3H3,(H,29,32). The lowest BCUT2D eigenvalue weighted by Gasteiger charge is -2.10. The number of benzene rings is 2. The molecule has 1 N–H and O–H groups in total. The van der Waals surface area contributed by atoms with Crippen LogP contribution in [0.1, 0.15) is 32.9 Å². The van der Waals surface area contributed by atoms with Crippen molar-refractivity contribution in [1.82, 2.24) is 14.5 Å². The van der Waals surface area contributed by atoms with Crippen molar-refractivity contribution in [2.45, 2.75) is 27.4 Å². The first-order chi connectivity index (χ1) is 16.5. The molecule has 0 unspecified atom stereocenters. The first-order valence-electron chi connectivity index (χ1n) is 11.0. The minimum absolute atomic E-state index is 0.247. The van der Waals surface area contributed by atoms with Gasteiger partial charge in [0.2, 0.25) is 0 Å². The topological polar surface area (TPSA) is 81.7 Å². The van der Waals surface area contributed by atoms with Gasteiger partial charge in [0.15, 0.2) is 0 Å². The van der Waals surface area contributed by atoms with Gasteiger partial charge in [-0.05, 0) is 50.6 Å². The molecule has 0 atom stereocenters. The fourth-order valence-corrected chi connectivity index (χ4v) is 3.89. The Bertz CT molecular complexity index is 1470. The van der Waals surface area contributed by atoms with Crippen molar-refractivity contribution in [1.29, 1.82) is 0 Å². The summed E-state index contributed by atoms with van der Waals surface area (Å²) in [6.45, 7) is 6.05. The fraction of sp³-hybridized carbons (Fsp3) is 0.148. The van der Waals surface area contributed by atoms with Crippen molar-refractivity contribution >= 4 is 17.4 Å². The summed E-state index contributed by atoms with van der Waals surface area (Å²) in [6, 6.07) is 20.9. The van der Waals surface area contributed by atoms with Crippen LogP contribution in [0.15, 0.2) is 77.4 Å². The summed E-state index contributed by atoms with van der Waals surface area (Å²) in [7, 11) is 0. The average molecular weight is 453 g/mol. The van der Waals surface area contributed by atoms with Crippen molar-refractivity contribution in [2.75, 3.05) is 5.32 Å². The Morgan fingerprint density at radius 1 is 1.03 bits per heavy atom. The van der Waals surface area contributed by atoms with Crippen LogP contribution < -0.4 is 10.1 Å². The molecule has 5 aromatic rings. The molecule has 7 nitrogen and oxygen atoms in total. The number of rotatable bonds is 6. The van der Waals surface area contributed by atoms with Crippen LogP contribution in [0.4, 0.5) is 5.82 Å². The van der Waals surface area contributed by atoms with Crippen LogP contribution in [-0.2, 0) is 6.61 Å². The first kappa shape index (κ1) is 21.5. The second kappa shape index (κ2) is 8.86. The van der Waals surface area contributed by atoms with Crippen LogP contribution in [0.25, 0.3) is 16.9 Å². The Kier molecular flexibility index (Phi) is 5.59. The van der Waals surface area contributed by atoms with E-state index in [4.69, 9.17) is 14.2 Å². The van der Waals surface area contributed by atoms with Crippen molar-refractivity contribution in [3.8, 4) is 17.0 Å². The largest absolute Gasteiger partial charge is 0.489 e. The number of fused-ring (bicyclic) bond motifs is 1. The quantitative estimate of drug-likeness (QED) is 0.355. The predicted octanol–water partition coefficient (Wildman–Crippen LogP) is 5.75. The Labute approximate surface area is 197 Å². The zero-order valence-electron chi connectivity index (χ0n) is 19.2. The average Bonchev–Trinajstić information content (AvgIpc) is 3.38. The summed E-state index contributed by atoms with van der Waals surface area (Å²) in [5.74, 6) is 1.69. The number of imidazole rings is 1. The van der Waals surface area contributed by atoms with Crippen molar-refractivity contribution in [2.24, 2.45) is 0 Å². The van der Waals surface area contributed by atoms with Gasteiger partial charge < -0.3 is 14.6 Å². The van der Waals surface area contributed by atoms with Crippen LogP contribution >= 0.6 is 0 Å². The third-order valence-electron chi connectivity index (χ3n) is 5.78. The second-order valence-electron chi connectivity index (χ2n) is 8.13. The van der Waals surface area contributed by atoms with E-state index in [0.29, 0.717) is 29.4 Å². The minimum Gasteiger partial charge on any atom is -0.489 e. The van der Waals surface area contributed by atoms with E-state index in [9.17, 15) is 4.79 Å². The lowest BCUT2D eigenvalue weighted by molar-refractivity contribution is 0.102. The molecular weight excluding hydrogens is 428 g/mol. The monoisotopic (exact) mass is 452 g/mol. The van der Waals surface area contributed by atoms with E-state index < -0.39 is 0 Å². The van der Waals surface area contributed by atoms with Crippen molar-refractivity contribution in [3.63, 3.8) is 0 Å². The molecule has 0 saturated carbocycles. The number of amides is 1. The van der Waals surface area contributed by atoms with Crippen LogP contribution in [0.3, 0.4) is 0 Å². The SMILES string of the molecule is Cc1noc(C)c1COc1cccc(C(=O)Nc2c(-c3ccccc3)nc3c(C)cccn23)c1. The summed E-state index contributed by atoms with van der Waals surface area (Å²) in [4.78, 5) is 18.1. The molecule has 0 aliphatic rings. The summed E-state index contributed by atoms with van der Waals surface area (Å²) < 4.78 is 13.0. The third-order valence-corrected chi connectivity index (χ3v) is 5.78. The molecule has 0 spiro atoms. The normalized spacial score (nSPS) is 11.0. The Hall–Kier alpha value is -4.39. The van der Waals surface area contributed by atoms with Crippen molar-refractivity contribution in [3.05, 3.63) is 101 Å². The minimum atomic E-state index is -0.247. The highest BCUT2D eigenvalue weighted by Crippen LogP contribution is 2.30. The first-order valence-corrected chi connectivity index (χ1v) is 11.0. The van der Waals surface area contributed by atoms with Gasteiger partial charge in [0.05, 0.1) is 11.3 Å². The second-order valence-corrected chi connectivity index (χ2v) is 8.13. The number of hydrogen-bond acceptors (Lipinski definition) is 5. The lowest BCUT2D eigenvalue weighted by atomic mass is 10.1. The molecule has 0 radical (unpaired) electrons. The summed E-state index contributed by atoms with van der Waals surface area (Å²) in [5, 5.41) is 7.02. The zero-order valence-corrected chi connectivity index (χ0v) is 19.2. The molecule has 1 amide bonds. The van der Waals surface area contributed by atoms with E-state index >= 15 is 0 Å². The van der Waals surface area contributed by atoms with Gasteiger partial charge in [-0.3, -0.25) is 9.20 Å². The van der Waals surface area contributed by atoms with Crippen molar-refractivity contribution < 1.29 is 14.1 Å². The summed E-state index contributed by atoms with van der Waals surface area (Å²) >= 11 is 0.